The Kier molecular flexibility index (Phi) is 6.64. The fourth-order valence-corrected chi connectivity index (χ4v) is 3.71. The minimum absolute atomic E-state index is 0.00990. The molecule has 36 heavy (non-hydrogen) atoms. The summed E-state index contributed by atoms with van der Waals surface area (Å²) in [6.07, 6.45) is 1.13. The molecule has 0 aliphatic rings. The third-order valence-electron chi connectivity index (χ3n) is 5.77. The first kappa shape index (κ1) is 24.3. The average molecular weight is 489 g/mol. The number of nitrogens with one attached hydrogen (secondary N) is 2. The molecule has 184 valence electrons. The minimum atomic E-state index is -1.02. The van der Waals surface area contributed by atoms with Crippen LogP contribution >= 0.6 is 0 Å². The zero-order valence-corrected chi connectivity index (χ0v) is 19.7. The largest absolute Gasteiger partial charge is 0.478 e. The van der Waals surface area contributed by atoms with Gasteiger partial charge in [0.05, 0.1) is 17.1 Å². The number of nitrogens with zero attached hydrogens (tertiary/aromatic N) is 3. The predicted molar refractivity (Wildman–Crippen MR) is 129 cm³/mol. The van der Waals surface area contributed by atoms with Gasteiger partial charge in [0.25, 0.3) is 11.8 Å². The highest BCUT2D eigenvalue weighted by Crippen LogP contribution is 2.18. The van der Waals surface area contributed by atoms with Crippen LogP contribution in [-0.4, -0.2) is 37.4 Å². The van der Waals surface area contributed by atoms with Crippen LogP contribution in [0.2, 0.25) is 0 Å². The molecule has 0 saturated carbocycles. The summed E-state index contributed by atoms with van der Waals surface area (Å²) in [7, 11) is 1.59. The van der Waals surface area contributed by atoms with Crippen molar-refractivity contribution in [3.63, 3.8) is 0 Å². The second-order valence-electron chi connectivity index (χ2n) is 8.27. The Morgan fingerprint density at radius 2 is 1.78 bits per heavy atom. The summed E-state index contributed by atoms with van der Waals surface area (Å²) in [5, 5.41) is 14.7. The molecule has 0 aliphatic heterocycles. The van der Waals surface area contributed by atoms with E-state index < -0.39 is 29.6 Å². The molecule has 2 aromatic heterocycles. The molecule has 3 N–H and O–H groups in total. The van der Waals surface area contributed by atoms with Crippen LogP contribution in [-0.2, 0) is 13.6 Å². The van der Waals surface area contributed by atoms with Crippen LogP contribution < -0.4 is 16.4 Å². The number of aryl methyl sites for hydroxylation is 2. The molecule has 0 aliphatic carbocycles. The predicted octanol–water partition coefficient (Wildman–Crippen LogP) is 2.35. The molecule has 0 unspecified atom stereocenters. The van der Waals surface area contributed by atoms with Crippen LogP contribution in [0.25, 0.3) is 11.1 Å². The SMILES string of the molecule is Cc1cc([C@H](C)NC(=O)c2cc(C(=O)NCc3ccc4oc(=O)n(C)c4c3)ncn2)ccc1C(=O)O. The van der Waals surface area contributed by atoms with E-state index in [1.807, 2.05) is 0 Å². The molecule has 0 saturated heterocycles. The summed E-state index contributed by atoms with van der Waals surface area (Å²) >= 11 is 0. The Morgan fingerprint density at radius 1 is 1.06 bits per heavy atom. The van der Waals surface area contributed by atoms with E-state index in [1.54, 1.807) is 51.2 Å². The van der Waals surface area contributed by atoms with Crippen molar-refractivity contribution in [3.05, 3.63) is 93.0 Å². The van der Waals surface area contributed by atoms with Gasteiger partial charge in [-0.15, -0.1) is 0 Å². The maximum atomic E-state index is 12.7. The van der Waals surface area contributed by atoms with Crippen LogP contribution in [0, 0.1) is 6.92 Å². The Labute approximate surface area is 204 Å². The van der Waals surface area contributed by atoms with Crippen molar-refractivity contribution >= 4 is 28.9 Å². The summed E-state index contributed by atoms with van der Waals surface area (Å²) < 4.78 is 6.48. The highest BCUT2D eigenvalue weighted by atomic mass is 16.4. The lowest BCUT2D eigenvalue weighted by molar-refractivity contribution is 0.0695. The fourth-order valence-electron chi connectivity index (χ4n) is 3.71. The second kappa shape index (κ2) is 9.82. The second-order valence-corrected chi connectivity index (χ2v) is 8.27. The van der Waals surface area contributed by atoms with E-state index >= 15 is 0 Å². The maximum Gasteiger partial charge on any atom is 0.419 e. The first-order valence-corrected chi connectivity index (χ1v) is 11.0. The van der Waals surface area contributed by atoms with Gasteiger partial charge in [-0.05, 0) is 48.7 Å². The van der Waals surface area contributed by atoms with Crippen molar-refractivity contribution in [1.29, 1.82) is 0 Å². The van der Waals surface area contributed by atoms with E-state index in [1.165, 1.54) is 16.7 Å². The number of fused-ring (bicyclic) bond motifs is 1. The Hall–Kier alpha value is -4.80. The van der Waals surface area contributed by atoms with E-state index in [0.717, 1.165) is 17.5 Å². The maximum absolute atomic E-state index is 12.7. The van der Waals surface area contributed by atoms with Gasteiger partial charge in [0.15, 0.2) is 5.58 Å². The molecule has 4 aromatic rings. The molecule has 0 fully saturated rings. The van der Waals surface area contributed by atoms with Gasteiger partial charge in [-0.3, -0.25) is 14.2 Å². The molecular weight excluding hydrogens is 466 g/mol. The van der Waals surface area contributed by atoms with Crippen LogP contribution in [0.4, 0.5) is 0 Å². The number of carboxylic acid groups (broad SMARTS) is 1. The quantitative estimate of drug-likeness (QED) is 0.357. The molecule has 2 heterocycles. The van der Waals surface area contributed by atoms with E-state index in [0.29, 0.717) is 16.7 Å². The van der Waals surface area contributed by atoms with Crippen molar-refractivity contribution in [2.24, 2.45) is 7.05 Å². The molecular formula is C25H23N5O6. The van der Waals surface area contributed by atoms with Crippen LogP contribution in [0.5, 0.6) is 0 Å². The van der Waals surface area contributed by atoms with Gasteiger partial charge in [0.2, 0.25) is 0 Å². The average Bonchev–Trinajstić information content (AvgIpc) is 3.15. The lowest BCUT2D eigenvalue weighted by atomic mass is 10.0. The van der Waals surface area contributed by atoms with Gasteiger partial charge in [0.1, 0.15) is 17.7 Å². The van der Waals surface area contributed by atoms with Crippen LogP contribution in [0.1, 0.15) is 61.0 Å². The standard InChI is InChI=1S/C25H23N5O6/c1-13-8-16(5-6-17(13)24(33)34)14(2)29-23(32)19-10-18(27-12-28-19)22(31)26-11-15-4-7-21-20(9-15)30(3)25(35)36-21/h4-10,12,14H,11H2,1-3H3,(H,26,31)(H,29,32)(H,33,34)/t14-/m0/s1. The van der Waals surface area contributed by atoms with Gasteiger partial charge in [-0.2, -0.15) is 0 Å². The molecule has 11 nitrogen and oxygen atoms in total. The highest BCUT2D eigenvalue weighted by molar-refractivity contribution is 5.97. The third kappa shape index (κ3) is 4.99. The van der Waals surface area contributed by atoms with E-state index in [-0.39, 0.29) is 23.5 Å². The van der Waals surface area contributed by atoms with E-state index in [2.05, 4.69) is 20.6 Å². The summed E-state index contributed by atoms with van der Waals surface area (Å²) in [5.41, 5.74) is 3.33. The number of carbonyl (C=O) groups is 3. The molecule has 11 heteroatoms. The number of aromatic carboxylic acids is 1. The number of amides is 2. The topological polar surface area (TPSA) is 156 Å². The van der Waals surface area contributed by atoms with Crippen LogP contribution in [0.3, 0.4) is 0 Å². The van der Waals surface area contributed by atoms with Crippen molar-refractivity contribution in [3.8, 4) is 0 Å². The smallest absolute Gasteiger partial charge is 0.419 e. The molecule has 0 spiro atoms. The Balaban J connectivity index is 1.42. The number of oxazole rings is 1. The Bertz CT molecular complexity index is 1550. The number of carbonyl (C=O) groups excluding carboxylic acids is 2. The normalized spacial score (nSPS) is 11.8. The summed E-state index contributed by atoms with van der Waals surface area (Å²) in [6.45, 7) is 3.61. The van der Waals surface area contributed by atoms with Crippen LogP contribution in [0.15, 0.2) is 58.0 Å². The first-order valence-electron chi connectivity index (χ1n) is 11.0. The molecule has 0 bridgehead atoms. The number of benzene rings is 2. The molecule has 2 aromatic carbocycles. The van der Waals surface area contributed by atoms with Crippen molar-refractivity contribution in [1.82, 2.24) is 25.2 Å². The summed E-state index contributed by atoms with van der Waals surface area (Å²) in [5.74, 6) is -2.50. The first-order chi connectivity index (χ1) is 17.1. The molecule has 1 atom stereocenters. The number of rotatable bonds is 7. The minimum Gasteiger partial charge on any atom is -0.478 e. The third-order valence-corrected chi connectivity index (χ3v) is 5.77. The molecule has 0 radical (unpaired) electrons. The zero-order chi connectivity index (χ0) is 26.0. The Morgan fingerprint density at radius 3 is 2.47 bits per heavy atom. The van der Waals surface area contributed by atoms with Gasteiger partial charge in [-0.25, -0.2) is 19.6 Å². The number of hydrogen-bond acceptors (Lipinski definition) is 7. The zero-order valence-electron chi connectivity index (χ0n) is 19.7. The highest BCUT2D eigenvalue weighted by Gasteiger charge is 2.17. The lowest BCUT2D eigenvalue weighted by Crippen LogP contribution is -2.29. The van der Waals surface area contributed by atoms with Gasteiger partial charge in [0, 0.05) is 19.7 Å². The van der Waals surface area contributed by atoms with Gasteiger partial charge < -0.3 is 20.2 Å². The van der Waals surface area contributed by atoms with E-state index in [4.69, 9.17) is 4.42 Å². The number of hydrogen-bond donors (Lipinski definition) is 3. The fraction of sp³-hybridized carbons (Fsp3) is 0.200. The summed E-state index contributed by atoms with van der Waals surface area (Å²) in [6, 6.07) is 10.8. The van der Waals surface area contributed by atoms with Crippen molar-refractivity contribution < 1.29 is 23.9 Å². The number of carboxylic acids is 1. The van der Waals surface area contributed by atoms with Gasteiger partial charge in [-0.1, -0.05) is 18.2 Å². The number of aromatic nitrogens is 3. The summed E-state index contributed by atoms with van der Waals surface area (Å²) in [4.78, 5) is 56.2. The van der Waals surface area contributed by atoms with Crippen molar-refractivity contribution in [2.75, 3.05) is 0 Å². The van der Waals surface area contributed by atoms with Gasteiger partial charge >= 0.3 is 11.7 Å². The van der Waals surface area contributed by atoms with Crippen molar-refractivity contribution in [2.45, 2.75) is 26.4 Å². The monoisotopic (exact) mass is 489 g/mol. The molecule has 2 amide bonds. The lowest BCUT2D eigenvalue weighted by Gasteiger charge is -2.15. The molecule has 4 rings (SSSR count). The van der Waals surface area contributed by atoms with E-state index in [9.17, 15) is 24.3 Å².